The van der Waals surface area contributed by atoms with Crippen LogP contribution in [0.25, 0.3) is 0 Å². The molecule has 1 amide bonds. The maximum Gasteiger partial charge on any atom is 0.308 e. The molecule has 1 aromatic heterocycles. The zero-order chi connectivity index (χ0) is 17.6. The predicted molar refractivity (Wildman–Crippen MR) is 91.4 cm³/mol. The van der Waals surface area contributed by atoms with Gasteiger partial charge < -0.3 is 14.9 Å². The van der Waals surface area contributed by atoms with E-state index in [9.17, 15) is 14.7 Å². The van der Waals surface area contributed by atoms with Crippen LogP contribution in [-0.4, -0.2) is 28.7 Å². The van der Waals surface area contributed by atoms with Crippen LogP contribution in [0.5, 0.6) is 0 Å². The van der Waals surface area contributed by atoms with Crippen LogP contribution in [0.4, 0.5) is 0 Å². The number of benzene rings is 1. The van der Waals surface area contributed by atoms with Gasteiger partial charge in [-0.1, -0.05) is 41.9 Å². The fourth-order valence-corrected chi connectivity index (χ4v) is 3.18. The fraction of sp³-hybridized carbons (Fsp3) is 0.421. The Balaban J connectivity index is 1.64. The fourth-order valence-electron chi connectivity index (χ4n) is 3.18. The molecule has 0 saturated heterocycles. The first-order valence-electron chi connectivity index (χ1n) is 8.67. The van der Waals surface area contributed by atoms with Crippen LogP contribution >= 0.6 is 0 Å². The zero-order valence-electron chi connectivity index (χ0n) is 14.0. The number of carboxylic acids is 1. The van der Waals surface area contributed by atoms with Crippen molar-refractivity contribution in [2.75, 3.05) is 6.54 Å². The first-order valence-corrected chi connectivity index (χ1v) is 8.67. The maximum atomic E-state index is 12.4. The third-order valence-electron chi connectivity index (χ3n) is 4.60. The monoisotopic (exact) mass is 342 g/mol. The SMILES string of the molecule is O=C(NCC(Cc1ccccc1)C(=O)O)c1noc2c1CCCCC2. The summed E-state index contributed by atoms with van der Waals surface area (Å²) in [6, 6.07) is 9.40. The second-order valence-electron chi connectivity index (χ2n) is 6.43. The minimum absolute atomic E-state index is 0.0602. The summed E-state index contributed by atoms with van der Waals surface area (Å²) in [5.41, 5.74) is 2.12. The van der Waals surface area contributed by atoms with Gasteiger partial charge in [-0.05, 0) is 31.2 Å². The largest absolute Gasteiger partial charge is 0.481 e. The van der Waals surface area contributed by atoms with Crippen LogP contribution in [0.15, 0.2) is 34.9 Å². The van der Waals surface area contributed by atoms with E-state index in [1.165, 1.54) is 0 Å². The number of hydrogen-bond donors (Lipinski definition) is 2. The molecule has 0 fully saturated rings. The maximum absolute atomic E-state index is 12.4. The molecule has 2 N–H and O–H groups in total. The van der Waals surface area contributed by atoms with Crippen molar-refractivity contribution < 1.29 is 19.2 Å². The Kier molecular flexibility index (Phi) is 5.48. The summed E-state index contributed by atoms with van der Waals surface area (Å²) in [6.07, 6.45) is 5.13. The first kappa shape index (κ1) is 17.2. The van der Waals surface area contributed by atoms with E-state index in [4.69, 9.17) is 4.52 Å². The molecule has 25 heavy (non-hydrogen) atoms. The third kappa shape index (κ3) is 4.26. The van der Waals surface area contributed by atoms with Crippen LogP contribution in [-0.2, 0) is 24.1 Å². The van der Waals surface area contributed by atoms with Crippen molar-refractivity contribution in [3.05, 3.63) is 52.9 Å². The normalized spacial score (nSPS) is 15.0. The number of amides is 1. The van der Waals surface area contributed by atoms with Crippen molar-refractivity contribution in [3.63, 3.8) is 0 Å². The van der Waals surface area contributed by atoms with E-state index in [2.05, 4.69) is 10.5 Å². The van der Waals surface area contributed by atoms with Crippen LogP contribution in [0.1, 0.15) is 46.6 Å². The molecule has 6 heteroatoms. The van der Waals surface area contributed by atoms with Crippen LogP contribution in [0.2, 0.25) is 0 Å². The molecule has 0 bridgehead atoms. The number of nitrogens with zero attached hydrogens (tertiary/aromatic N) is 1. The molecule has 6 nitrogen and oxygen atoms in total. The van der Waals surface area contributed by atoms with E-state index in [1.54, 1.807) is 0 Å². The number of carbonyl (C=O) groups is 2. The average Bonchev–Trinajstić information content (AvgIpc) is 2.87. The Hall–Kier alpha value is -2.63. The number of carbonyl (C=O) groups excluding carboxylic acids is 1. The van der Waals surface area contributed by atoms with E-state index in [1.807, 2.05) is 30.3 Å². The third-order valence-corrected chi connectivity index (χ3v) is 4.60. The molecule has 0 aliphatic heterocycles. The van der Waals surface area contributed by atoms with E-state index in [0.717, 1.165) is 49.0 Å². The predicted octanol–water partition coefficient (Wildman–Crippen LogP) is 2.62. The molecule has 3 rings (SSSR count). The van der Waals surface area contributed by atoms with Gasteiger partial charge in [0.05, 0.1) is 5.92 Å². The number of fused-ring (bicyclic) bond motifs is 1. The zero-order valence-corrected chi connectivity index (χ0v) is 14.0. The highest BCUT2D eigenvalue weighted by Gasteiger charge is 2.25. The number of rotatable bonds is 6. The molecule has 0 saturated carbocycles. The van der Waals surface area contributed by atoms with Crippen LogP contribution in [0, 0.1) is 5.92 Å². The Morgan fingerprint density at radius 2 is 1.92 bits per heavy atom. The number of aryl methyl sites for hydroxylation is 1. The molecule has 2 aromatic rings. The van der Waals surface area contributed by atoms with Crippen LogP contribution < -0.4 is 5.32 Å². The smallest absolute Gasteiger partial charge is 0.308 e. The quantitative estimate of drug-likeness (QED) is 0.787. The number of carboxylic acid groups (broad SMARTS) is 1. The topological polar surface area (TPSA) is 92.4 Å². The Bertz CT molecular complexity index is 739. The standard InChI is InChI=1S/C19H22N2O4/c22-18(17-15-9-5-2-6-10-16(15)25-21-17)20-12-14(19(23)24)11-13-7-3-1-4-8-13/h1,3-4,7-8,14H,2,5-6,9-12H2,(H,20,22)(H,23,24). The molecule has 1 atom stereocenters. The lowest BCUT2D eigenvalue weighted by Gasteiger charge is -2.13. The summed E-state index contributed by atoms with van der Waals surface area (Å²) in [7, 11) is 0. The van der Waals surface area contributed by atoms with E-state index in [-0.39, 0.29) is 12.5 Å². The second kappa shape index (κ2) is 7.96. The van der Waals surface area contributed by atoms with Gasteiger partial charge in [-0.15, -0.1) is 0 Å². The van der Waals surface area contributed by atoms with E-state index in [0.29, 0.717) is 12.1 Å². The molecule has 1 aliphatic carbocycles. The summed E-state index contributed by atoms with van der Waals surface area (Å²) < 4.78 is 5.31. The van der Waals surface area contributed by atoms with Crippen molar-refractivity contribution in [1.29, 1.82) is 0 Å². The van der Waals surface area contributed by atoms with Crippen LogP contribution in [0.3, 0.4) is 0 Å². The highest BCUT2D eigenvalue weighted by molar-refractivity contribution is 5.94. The summed E-state index contributed by atoms with van der Waals surface area (Å²) in [5.74, 6) is -1.17. The number of hydrogen-bond acceptors (Lipinski definition) is 4. The van der Waals surface area contributed by atoms with E-state index >= 15 is 0 Å². The van der Waals surface area contributed by atoms with Gasteiger partial charge in [-0.3, -0.25) is 9.59 Å². The van der Waals surface area contributed by atoms with Gasteiger partial charge in [0.15, 0.2) is 5.69 Å². The average molecular weight is 342 g/mol. The molecular weight excluding hydrogens is 320 g/mol. The van der Waals surface area contributed by atoms with Gasteiger partial charge in [0.1, 0.15) is 5.76 Å². The second-order valence-corrected chi connectivity index (χ2v) is 6.43. The molecule has 1 heterocycles. The van der Waals surface area contributed by atoms with Crippen molar-refractivity contribution in [3.8, 4) is 0 Å². The summed E-state index contributed by atoms with van der Waals surface area (Å²) >= 11 is 0. The molecule has 132 valence electrons. The van der Waals surface area contributed by atoms with Gasteiger partial charge >= 0.3 is 5.97 Å². The lowest BCUT2D eigenvalue weighted by molar-refractivity contribution is -0.141. The number of aliphatic carboxylic acids is 1. The Morgan fingerprint density at radius 1 is 1.16 bits per heavy atom. The molecule has 0 spiro atoms. The van der Waals surface area contributed by atoms with Crippen molar-refractivity contribution in [2.24, 2.45) is 5.92 Å². The highest BCUT2D eigenvalue weighted by atomic mass is 16.5. The van der Waals surface area contributed by atoms with Gasteiger partial charge in [-0.25, -0.2) is 0 Å². The van der Waals surface area contributed by atoms with Gasteiger partial charge in [0.2, 0.25) is 0 Å². The summed E-state index contributed by atoms with van der Waals surface area (Å²) in [5, 5.41) is 16.0. The number of nitrogens with one attached hydrogen (secondary N) is 1. The van der Waals surface area contributed by atoms with Gasteiger partial charge in [0.25, 0.3) is 5.91 Å². The minimum atomic E-state index is -0.928. The van der Waals surface area contributed by atoms with Gasteiger partial charge in [-0.2, -0.15) is 0 Å². The molecular formula is C19H22N2O4. The lowest BCUT2D eigenvalue weighted by Crippen LogP contribution is -2.34. The minimum Gasteiger partial charge on any atom is -0.481 e. The number of aromatic nitrogens is 1. The molecule has 1 unspecified atom stereocenters. The van der Waals surface area contributed by atoms with Crippen molar-refractivity contribution in [2.45, 2.75) is 38.5 Å². The highest BCUT2D eigenvalue weighted by Crippen LogP contribution is 2.23. The summed E-state index contributed by atoms with van der Waals surface area (Å²) in [4.78, 5) is 23.9. The van der Waals surface area contributed by atoms with Gasteiger partial charge in [0, 0.05) is 18.5 Å². The molecule has 1 aliphatic rings. The molecule has 0 radical (unpaired) electrons. The Morgan fingerprint density at radius 3 is 2.68 bits per heavy atom. The van der Waals surface area contributed by atoms with Crippen molar-refractivity contribution >= 4 is 11.9 Å². The van der Waals surface area contributed by atoms with Crippen molar-refractivity contribution in [1.82, 2.24) is 10.5 Å². The molecule has 1 aromatic carbocycles. The lowest BCUT2D eigenvalue weighted by atomic mass is 9.99. The summed E-state index contributed by atoms with van der Waals surface area (Å²) in [6.45, 7) is 0.0602. The Labute approximate surface area is 146 Å². The van der Waals surface area contributed by atoms with E-state index < -0.39 is 11.9 Å². The first-order chi connectivity index (χ1) is 12.1.